The summed E-state index contributed by atoms with van der Waals surface area (Å²) in [4.78, 5) is 21.1. The summed E-state index contributed by atoms with van der Waals surface area (Å²) < 4.78 is 1.99. The zero-order valence-electron chi connectivity index (χ0n) is 19.6. The molecule has 1 amide bonds. The number of carbonyl (C=O) groups is 1. The number of nitrogens with zero attached hydrogens (tertiary/aromatic N) is 4. The fourth-order valence-electron chi connectivity index (χ4n) is 3.96. The molecule has 0 fully saturated rings. The lowest BCUT2D eigenvalue weighted by Crippen LogP contribution is -2.33. The van der Waals surface area contributed by atoms with Crippen LogP contribution in [0.4, 0.5) is 0 Å². The number of aromatic nitrogens is 5. The van der Waals surface area contributed by atoms with Gasteiger partial charge in [-0.25, -0.2) is 4.98 Å². The Hall–Kier alpha value is -3.91. The minimum absolute atomic E-state index is 0.0852. The Labute approximate surface area is 208 Å². The van der Waals surface area contributed by atoms with Gasteiger partial charge >= 0.3 is 0 Å². The van der Waals surface area contributed by atoms with Gasteiger partial charge < -0.3 is 10.3 Å². The second-order valence-corrected chi connectivity index (χ2v) is 9.50. The van der Waals surface area contributed by atoms with Gasteiger partial charge in [-0.1, -0.05) is 86.3 Å². The number of fused-ring (bicyclic) bond motifs is 1. The number of thioether (sulfide) groups is 1. The predicted molar refractivity (Wildman–Crippen MR) is 139 cm³/mol. The average molecular weight is 483 g/mol. The van der Waals surface area contributed by atoms with E-state index in [2.05, 4.69) is 34.3 Å². The number of rotatable bonds is 8. The normalized spacial score (nSPS) is 12.2. The Kier molecular flexibility index (Phi) is 6.63. The number of hydrogen-bond donors (Lipinski definition) is 2. The van der Waals surface area contributed by atoms with Crippen LogP contribution in [0.25, 0.3) is 28.1 Å². The molecule has 8 heteroatoms. The van der Waals surface area contributed by atoms with Crippen molar-refractivity contribution in [2.75, 3.05) is 5.75 Å². The van der Waals surface area contributed by atoms with Crippen molar-refractivity contribution < 1.29 is 4.79 Å². The van der Waals surface area contributed by atoms with Crippen molar-refractivity contribution in [3.63, 3.8) is 0 Å². The molecule has 0 radical (unpaired) electrons. The number of para-hydroxylation sites is 3. The first-order valence-electron chi connectivity index (χ1n) is 11.5. The van der Waals surface area contributed by atoms with Gasteiger partial charge in [-0.3, -0.25) is 9.36 Å². The zero-order valence-corrected chi connectivity index (χ0v) is 20.4. The summed E-state index contributed by atoms with van der Waals surface area (Å²) >= 11 is 1.37. The summed E-state index contributed by atoms with van der Waals surface area (Å²) in [5.74, 6) is 1.80. The van der Waals surface area contributed by atoms with E-state index in [4.69, 9.17) is 4.98 Å². The van der Waals surface area contributed by atoms with Gasteiger partial charge in [0.1, 0.15) is 5.82 Å². The molecule has 176 valence electrons. The molecular weight excluding hydrogens is 456 g/mol. The molecule has 2 N–H and O–H groups in total. The highest BCUT2D eigenvalue weighted by atomic mass is 32.2. The smallest absolute Gasteiger partial charge is 0.231 e. The molecule has 0 aliphatic carbocycles. The average Bonchev–Trinajstić information content (AvgIpc) is 3.51. The predicted octanol–water partition coefficient (Wildman–Crippen LogP) is 5.42. The third-order valence-electron chi connectivity index (χ3n) is 5.70. The van der Waals surface area contributed by atoms with E-state index in [1.165, 1.54) is 11.8 Å². The van der Waals surface area contributed by atoms with Crippen molar-refractivity contribution in [3.05, 3.63) is 90.8 Å². The van der Waals surface area contributed by atoms with Crippen LogP contribution in [-0.2, 0) is 4.79 Å². The molecule has 0 aliphatic rings. The first kappa shape index (κ1) is 22.9. The van der Waals surface area contributed by atoms with Gasteiger partial charge in [0.15, 0.2) is 11.0 Å². The Morgan fingerprint density at radius 3 is 2.34 bits per heavy atom. The highest BCUT2D eigenvalue weighted by Gasteiger charge is 2.23. The maximum Gasteiger partial charge on any atom is 0.231 e. The van der Waals surface area contributed by atoms with Gasteiger partial charge in [-0.05, 0) is 30.2 Å². The molecule has 0 aliphatic heterocycles. The molecule has 2 heterocycles. The van der Waals surface area contributed by atoms with E-state index in [1.54, 1.807) is 0 Å². The van der Waals surface area contributed by atoms with Crippen LogP contribution in [0.5, 0.6) is 0 Å². The van der Waals surface area contributed by atoms with E-state index in [9.17, 15) is 4.79 Å². The summed E-state index contributed by atoms with van der Waals surface area (Å²) in [5, 5.41) is 12.7. The lowest BCUT2D eigenvalue weighted by atomic mass is 10.0. The van der Waals surface area contributed by atoms with Crippen LogP contribution in [0.2, 0.25) is 0 Å². The van der Waals surface area contributed by atoms with Gasteiger partial charge in [0.05, 0.1) is 22.8 Å². The number of imidazole rings is 1. The maximum atomic E-state index is 13.0. The molecule has 0 bridgehead atoms. The number of benzene rings is 3. The van der Waals surface area contributed by atoms with Crippen LogP contribution in [0, 0.1) is 5.92 Å². The van der Waals surface area contributed by atoms with Gasteiger partial charge in [-0.2, -0.15) is 0 Å². The van der Waals surface area contributed by atoms with Crippen LogP contribution in [0.15, 0.2) is 90.1 Å². The number of nitrogens with one attached hydrogen (secondary N) is 2. The highest BCUT2D eigenvalue weighted by Crippen LogP contribution is 2.28. The minimum Gasteiger partial charge on any atom is -0.345 e. The summed E-state index contributed by atoms with van der Waals surface area (Å²) in [6.07, 6.45) is 0. The second kappa shape index (κ2) is 10.1. The highest BCUT2D eigenvalue weighted by molar-refractivity contribution is 7.99. The van der Waals surface area contributed by atoms with E-state index in [0.717, 1.165) is 33.9 Å². The first-order chi connectivity index (χ1) is 17.1. The third-order valence-corrected chi connectivity index (χ3v) is 6.63. The van der Waals surface area contributed by atoms with Crippen LogP contribution >= 0.6 is 11.8 Å². The molecule has 5 rings (SSSR count). The Morgan fingerprint density at radius 2 is 1.63 bits per heavy atom. The Bertz CT molecular complexity index is 1400. The molecule has 5 aromatic rings. The van der Waals surface area contributed by atoms with Crippen molar-refractivity contribution in [1.29, 1.82) is 0 Å². The molecule has 1 atom stereocenters. The Morgan fingerprint density at radius 1 is 0.943 bits per heavy atom. The van der Waals surface area contributed by atoms with Crippen LogP contribution in [0.3, 0.4) is 0 Å². The van der Waals surface area contributed by atoms with Crippen molar-refractivity contribution in [3.8, 4) is 17.1 Å². The summed E-state index contributed by atoms with van der Waals surface area (Å²) in [6, 6.07) is 27.5. The second-order valence-electron chi connectivity index (χ2n) is 8.56. The standard InChI is InChI=1S/C27H26N6OS/c1-18(2)24(25-28-21-15-9-10-16-22(21)29-25)30-23(34)17-35-27-32-31-26(19-11-5-3-6-12-19)33(27)20-13-7-4-8-14-20/h3-16,18,24H,17H2,1-2H3,(H,28,29)(H,30,34). The van der Waals surface area contributed by atoms with Crippen molar-refractivity contribution in [1.82, 2.24) is 30.0 Å². The largest absolute Gasteiger partial charge is 0.345 e. The lowest BCUT2D eigenvalue weighted by Gasteiger charge is -2.20. The first-order valence-corrected chi connectivity index (χ1v) is 12.5. The number of amides is 1. The Balaban J connectivity index is 1.36. The van der Waals surface area contributed by atoms with Gasteiger partial charge in [0.25, 0.3) is 0 Å². The topological polar surface area (TPSA) is 88.5 Å². The van der Waals surface area contributed by atoms with Crippen LogP contribution in [0.1, 0.15) is 25.7 Å². The van der Waals surface area contributed by atoms with Gasteiger partial charge in [0.2, 0.25) is 5.91 Å². The van der Waals surface area contributed by atoms with E-state index >= 15 is 0 Å². The zero-order chi connectivity index (χ0) is 24.2. The molecule has 1 unspecified atom stereocenters. The number of H-pyrrole nitrogens is 1. The van der Waals surface area contributed by atoms with E-state index < -0.39 is 0 Å². The van der Waals surface area contributed by atoms with Crippen molar-refractivity contribution in [2.24, 2.45) is 5.92 Å². The fraction of sp³-hybridized carbons (Fsp3) is 0.185. The number of hydrogen-bond acceptors (Lipinski definition) is 5. The number of aromatic amines is 1. The minimum atomic E-state index is -0.220. The van der Waals surface area contributed by atoms with E-state index in [1.807, 2.05) is 89.5 Å². The molecular formula is C27H26N6OS. The fourth-order valence-corrected chi connectivity index (χ4v) is 4.73. The van der Waals surface area contributed by atoms with Crippen LogP contribution < -0.4 is 5.32 Å². The quantitative estimate of drug-likeness (QED) is 0.289. The molecule has 0 saturated carbocycles. The molecule has 3 aromatic carbocycles. The maximum absolute atomic E-state index is 13.0. The van der Waals surface area contributed by atoms with Crippen LogP contribution in [-0.4, -0.2) is 36.4 Å². The van der Waals surface area contributed by atoms with Gasteiger partial charge in [0, 0.05) is 11.3 Å². The van der Waals surface area contributed by atoms with E-state index in [-0.39, 0.29) is 23.6 Å². The number of carbonyl (C=O) groups excluding carboxylic acids is 1. The summed E-state index contributed by atoms with van der Waals surface area (Å²) in [6.45, 7) is 4.15. The lowest BCUT2D eigenvalue weighted by molar-refractivity contribution is -0.119. The molecule has 2 aromatic heterocycles. The SMILES string of the molecule is CC(C)C(NC(=O)CSc1nnc(-c2ccccc2)n1-c1ccccc1)c1nc2ccccc2[nH]1. The van der Waals surface area contributed by atoms with Crippen molar-refractivity contribution >= 4 is 28.7 Å². The third kappa shape index (κ3) is 4.97. The summed E-state index contributed by atoms with van der Waals surface area (Å²) in [7, 11) is 0. The monoisotopic (exact) mass is 482 g/mol. The van der Waals surface area contributed by atoms with E-state index in [0.29, 0.717) is 5.16 Å². The molecule has 0 spiro atoms. The molecule has 35 heavy (non-hydrogen) atoms. The van der Waals surface area contributed by atoms with Gasteiger partial charge in [-0.15, -0.1) is 10.2 Å². The molecule has 0 saturated heterocycles. The molecule has 7 nitrogen and oxygen atoms in total. The van der Waals surface area contributed by atoms with Crippen molar-refractivity contribution in [2.45, 2.75) is 25.0 Å². The summed E-state index contributed by atoms with van der Waals surface area (Å²) in [5.41, 5.74) is 3.76.